The van der Waals surface area contributed by atoms with Gasteiger partial charge in [0.15, 0.2) is 6.29 Å². The molecule has 0 aromatic carbocycles. The van der Waals surface area contributed by atoms with Crippen molar-refractivity contribution >= 4 is 5.91 Å². The number of allylic oxidation sites excluding steroid dienone is 5. The molecule has 1 amide bonds. The van der Waals surface area contributed by atoms with E-state index in [1.54, 1.807) is 6.08 Å². The number of unbranched alkanes of at least 4 members (excludes halogenated alkanes) is 37. The maximum absolute atomic E-state index is 13.0. The summed E-state index contributed by atoms with van der Waals surface area (Å²) in [6, 6.07) is -0.826. The molecule has 0 radical (unpaired) electrons. The second-order valence-corrected chi connectivity index (χ2v) is 20.8. The molecule has 7 atom stereocenters. The molecule has 1 heterocycles. The zero-order chi connectivity index (χ0) is 50.1. The van der Waals surface area contributed by atoms with E-state index < -0.39 is 49.5 Å². The minimum absolute atomic E-state index is 0.188. The lowest BCUT2D eigenvalue weighted by Crippen LogP contribution is -2.60. The molecule has 6 N–H and O–H groups in total. The predicted molar refractivity (Wildman–Crippen MR) is 290 cm³/mol. The fourth-order valence-electron chi connectivity index (χ4n) is 9.49. The van der Waals surface area contributed by atoms with Crippen LogP contribution in [0, 0.1) is 0 Å². The zero-order valence-corrected chi connectivity index (χ0v) is 45.1. The Morgan fingerprint density at radius 2 is 0.826 bits per heavy atom. The van der Waals surface area contributed by atoms with Crippen LogP contribution < -0.4 is 5.32 Å². The van der Waals surface area contributed by atoms with Gasteiger partial charge in [0.25, 0.3) is 0 Å². The Kier molecular flexibility index (Phi) is 47.4. The van der Waals surface area contributed by atoms with Gasteiger partial charge in [-0.2, -0.15) is 0 Å². The Bertz CT molecular complexity index is 1180. The molecule has 0 bridgehead atoms. The predicted octanol–water partition coefficient (Wildman–Crippen LogP) is 14.7. The Balaban J connectivity index is 2.20. The summed E-state index contributed by atoms with van der Waals surface area (Å²) in [5.74, 6) is -0.188. The lowest BCUT2D eigenvalue weighted by Gasteiger charge is -2.40. The molecule has 1 aliphatic heterocycles. The van der Waals surface area contributed by atoms with Crippen LogP contribution in [0.3, 0.4) is 0 Å². The molecule has 0 spiro atoms. The van der Waals surface area contributed by atoms with Crippen LogP contribution in [0.15, 0.2) is 36.5 Å². The number of hydrogen-bond donors (Lipinski definition) is 6. The average molecular weight is 977 g/mol. The van der Waals surface area contributed by atoms with Crippen LogP contribution >= 0.6 is 0 Å². The van der Waals surface area contributed by atoms with Gasteiger partial charge in [0, 0.05) is 6.42 Å². The van der Waals surface area contributed by atoms with Crippen LogP contribution in [0.5, 0.6) is 0 Å². The summed E-state index contributed by atoms with van der Waals surface area (Å²) in [6.45, 7) is 3.78. The number of rotatable bonds is 51. The molecule has 7 unspecified atom stereocenters. The van der Waals surface area contributed by atoms with E-state index in [-0.39, 0.29) is 12.5 Å². The fraction of sp³-hybridized carbons (Fsp3) is 0.883. The molecular weight excluding hydrogens is 863 g/mol. The molecule has 406 valence electrons. The monoisotopic (exact) mass is 976 g/mol. The van der Waals surface area contributed by atoms with Gasteiger partial charge in [-0.3, -0.25) is 4.79 Å². The van der Waals surface area contributed by atoms with Crippen molar-refractivity contribution < 1.29 is 39.8 Å². The number of amides is 1. The zero-order valence-electron chi connectivity index (χ0n) is 45.1. The summed E-state index contributed by atoms with van der Waals surface area (Å²) < 4.78 is 11.2. The van der Waals surface area contributed by atoms with E-state index in [0.29, 0.717) is 6.42 Å². The Labute approximate surface area is 425 Å². The van der Waals surface area contributed by atoms with Crippen LogP contribution in [0.1, 0.15) is 284 Å². The second-order valence-electron chi connectivity index (χ2n) is 20.8. The van der Waals surface area contributed by atoms with Crippen molar-refractivity contribution in [2.45, 2.75) is 326 Å². The van der Waals surface area contributed by atoms with Crippen LogP contribution in [-0.4, -0.2) is 87.5 Å². The maximum atomic E-state index is 13.0. The molecule has 9 nitrogen and oxygen atoms in total. The van der Waals surface area contributed by atoms with Crippen LogP contribution in [-0.2, 0) is 14.3 Å². The van der Waals surface area contributed by atoms with Crippen molar-refractivity contribution in [3.8, 4) is 0 Å². The smallest absolute Gasteiger partial charge is 0.220 e. The second kappa shape index (κ2) is 50.0. The summed E-state index contributed by atoms with van der Waals surface area (Å²) in [7, 11) is 0. The highest BCUT2D eigenvalue weighted by atomic mass is 16.7. The lowest BCUT2D eigenvalue weighted by molar-refractivity contribution is -0.302. The van der Waals surface area contributed by atoms with E-state index in [9.17, 15) is 30.3 Å². The van der Waals surface area contributed by atoms with Crippen molar-refractivity contribution in [1.29, 1.82) is 0 Å². The first-order valence-corrected chi connectivity index (χ1v) is 29.7. The van der Waals surface area contributed by atoms with E-state index in [0.717, 1.165) is 44.9 Å². The molecule has 1 saturated heterocycles. The normalized spacial score (nSPS) is 19.7. The van der Waals surface area contributed by atoms with Gasteiger partial charge in [0.05, 0.1) is 25.4 Å². The first kappa shape index (κ1) is 65.4. The van der Waals surface area contributed by atoms with Crippen molar-refractivity contribution in [2.24, 2.45) is 0 Å². The molecule has 69 heavy (non-hydrogen) atoms. The van der Waals surface area contributed by atoms with E-state index in [2.05, 4.69) is 43.5 Å². The van der Waals surface area contributed by atoms with Crippen LogP contribution in [0.2, 0.25) is 0 Å². The molecule has 1 rings (SSSR count). The number of aliphatic hydroxyl groups is 5. The average Bonchev–Trinajstić information content (AvgIpc) is 3.35. The van der Waals surface area contributed by atoms with E-state index >= 15 is 0 Å². The number of carbonyl (C=O) groups excluding carboxylic acids is 1. The summed E-state index contributed by atoms with van der Waals surface area (Å²) in [5.41, 5.74) is 0. The summed E-state index contributed by atoms with van der Waals surface area (Å²) >= 11 is 0. The highest BCUT2D eigenvalue weighted by Gasteiger charge is 2.44. The quantitative estimate of drug-likeness (QED) is 0.0261. The van der Waals surface area contributed by atoms with E-state index in [4.69, 9.17) is 9.47 Å². The molecule has 0 saturated carbocycles. The molecule has 0 aromatic rings. The van der Waals surface area contributed by atoms with Gasteiger partial charge in [0.2, 0.25) is 5.91 Å². The minimum Gasteiger partial charge on any atom is -0.394 e. The third kappa shape index (κ3) is 39.6. The highest BCUT2D eigenvalue weighted by molar-refractivity contribution is 5.76. The van der Waals surface area contributed by atoms with Crippen molar-refractivity contribution in [2.75, 3.05) is 13.2 Å². The van der Waals surface area contributed by atoms with Crippen molar-refractivity contribution in [3.63, 3.8) is 0 Å². The lowest BCUT2D eigenvalue weighted by atomic mass is 9.99. The molecule has 1 aliphatic rings. The molecular formula is C60H113NO8. The van der Waals surface area contributed by atoms with Crippen LogP contribution in [0.4, 0.5) is 0 Å². The van der Waals surface area contributed by atoms with E-state index in [1.807, 2.05) is 6.08 Å². The third-order valence-corrected chi connectivity index (χ3v) is 14.2. The minimum atomic E-state index is -1.57. The number of hydrogen-bond acceptors (Lipinski definition) is 8. The first-order valence-electron chi connectivity index (χ1n) is 29.7. The third-order valence-electron chi connectivity index (χ3n) is 14.2. The SMILES string of the molecule is CCCCCCCCCCCCCCCCCCCCCCC/C=C/CC/C=C/CC/C=C/C(O)C(COC1OC(CO)C(O)C(O)C1O)NC(=O)CCCCCCCCCCCCCCCCC. The largest absolute Gasteiger partial charge is 0.394 e. The van der Waals surface area contributed by atoms with Gasteiger partial charge in [-0.15, -0.1) is 0 Å². The number of nitrogens with one attached hydrogen (secondary N) is 1. The van der Waals surface area contributed by atoms with E-state index in [1.165, 1.54) is 218 Å². The Hall–Kier alpha value is -1.59. The first-order chi connectivity index (χ1) is 33.8. The van der Waals surface area contributed by atoms with Crippen molar-refractivity contribution in [1.82, 2.24) is 5.32 Å². The highest BCUT2D eigenvalue weighted by Crippen LogP contribution is 2.23. The molecule has 0 aromatic heterocycles. The molecule has 1 fully saturated rings. The van der Waals surface area contributed by atoms with Crippen LogP contribution in [0.25, 0.3) is 0 Å². The van der Waals surface area contributed by atoms with Gasteiger partial charge in [-0.25, -0.2) is 0 Å². The van der Waals surface area contributed by atoms with Crippen molar-refractivity contribution in [3.05, 3.63) is 36.5 Å². The number of ether oxygens (including phenoxy) is 2. The summed E-state index contributed by atoms with van der Waals surface area (Å²) in [6.07, 6.45) is 58.0. The number of carbonyl (C=O) groups is 1. The molecule has 0 aliphatic carbocycles. The fourth-order valence-corrected chi connectivity index (χ4v) is 9.49. The maximum Gasteiger partial charge on any atom is 0.220 e. The summed E-state index contributed by atoms with van der Waals surface area (Å²) in [4.78, 5) is 13.0. The van der Waals surface area contributed by atoms with Gasteiger partial charge in [-0.05, 0) is 44.9 Å². The standard InChI is InChI=1S/C60H113NO8/c1-3-5-7-9-11-13-15-17-19-20-21-22-23-24-25-26-27-28-29-30-31-32-33-34-36-37-39-41-43-45-47-49-54(63)53(52-68-60-59(67)58(66)57(65)55(51-62)69-60)61-56(64)50-48-46-44-42-40-38-35-18-16-14-12-10-8-6-4-2/h33-34,39,41,47,49,53-55,57-60,62-63,65-67H,3-32,35-38,40,42-46,48,50-52H2,1-2H3,(H,61,64)/b34-33+,41-39+,49-47+. The van der Waals surface area contributed by atoms with Gasteiger partial charge >= 0.3 is 0 Å². The Morgan fingerprint density at radius 1 is 0.478 bits per heavy atom. The number of aliphatic hydroxyl groups excluding tert-OH is 5. The molecule has 9 heteroatoms. The topological polar surface area (TPSA) is 149 Å². The summed E-state index contributed by atoms with van der Waals surface area (Å²) in [5, 5.41) is 54.4. The van der Waals surface area contributed by atoms with Gasteiger partial charge in [0.1, 0.15) is 24.4 Å². The van der Waals surface area contributed by atoms with Gasteiger partial charge in [-0.1, -0.05) is 269 Å². The Morgan fingerprint density at radius 3 is 1.22 bits per heavy atom. The van der Waals surface area contributed by atoms with Gasteiger partial charge < -0.3 is 40.3 Å².